The molecule has 102 valence electrons. The van der Waals surface area contributed by atoms with Crippen LogP contribution in [-0.2, 0) is 9.53 Å². The third-order valence-electron chi connectivity index (χ3n) is 2.63. The van der Waals surface area contributed by atoms with E-state index in [2.05, 4.69) is 11.3 Å². The van der Waals surface area contributed by atoms with Gasteiger partial charge < -0.3 is 9.84 Å². The number of likely N-dealkylation sites (tertiary alicyclic amines) is 1. The van der Waals surface area contributed by atoms with Gasteiger partial charge in [-0.15, -0.1) is 0 Å². The second-order valence-corrected chi connectivity index (χ2v) is 3.78. The summed E-state index contributed by atoms with van der Waals surface area (Å²) in [4.78, 5) is 22.9. The zero-order valence-electron chi connectivity index (χ0n) is 9.31. The number of aliphatic carboxylic acids is 1. The maximum Gasteiger partial charge on any atom is 0.410 e. The zero-order valence-corrected chi connectivity index (χ0v) is 9.31. The van der Waals surface area contributed by atoms with Crippen molar-refractivity contribution in [2.24, 2.45) is 5.92 Å². The van der Waals surface area contributed by atoms with Gasteiger partial charge in [0.25, 0.3) is 0 Å². The molecule has 2 atom stereocenters. The minimum Gasteiger partial charge on any atom is -0.480 e. The van der Waals surface area contributed by atoms with E-state index >= 15 is 0 Å². The third-order valence-corrected chi connectivity index (χ3v) is 2.63. The Morgan fingerprint density at radius 1 is 1.50 bits per heavy atom. The molecule has 18 heavy (non-hydrogen) atoms. The van der Waals surface area contributed by atoms with Crippen LogP contribution in [0.25, 0.3) is 0 Å². The number of rotatable bonds is 3. The van der Waals surface area contributed by atoms with Gasteiger partial charge in [-0.25, -0.2) is 9.59 Å². The van der Waals surface area contributed by atoms with Gasteiger partial charge >= 0.3 is 18.2 Å². The first-order valence-electron chi connectivity index (χ1n) is 5.13. The van der Waals surface area contributed by atoms with Gasteiger partial charge in [-0.3, -0.25) is 4.90 Å². The van der Waals surface area contributed by atoms with E-state index in [0.29, 0.717) is 4.90 Å². The number of nitrogens with zero attached hydrogens (tertiary/aromatic N) is 1. The number of carbonyl (C=O) groups is 2. The van der Waals surface area contributed by atoms with Crippen LogP contribution in [0, 0.1) is 5.92 Å². The van der Waals surface area contributed by atoms with E-state index in [4.69, 9.17) is 5.11 Å². The maximum absolute atomic E-state index is 12.6. The number of halogens is 3. The normalized spacial score (nSPS) is 23.8. The molecule has 0 aromatic carbocycles. The van der Waals surface area contributed by atoms with Crippen LogP contribution in [0.5, 0.6) is 0 Å². The molecule has 1 amide bonds. The number of amides is 1. The van der Waals surface area contributed by atoms with E-state index in [0.717, 1.165) is 0 Å². The molecule has 0 saturated carbocycles. The quantitative estimate of drug-likeness (QED) is 0.789. The minimum atomic E-state index is -4.66. The number of carboxylic acids is 1. The molecule has 0 aromatic heterocycles. The summed E-state index contributed by atoms with van der Waals surface area (Å²) in [5.74, 6) is -3.75. The second kappa shape index (κ2) is 5.28. The van der Waals surface area contributed by atoms with Crippen LogP contribution in [0.3, 0.4) is 0 Å². The van der Waals surface area contributed by atoms with E-state index in [1.807, 2.05) is 0 Å². The summed E-state index contributed by atoms with van der Waals surface area (Å²) in [6.07, 6.45) is -4.93. The molecule has 1 aliphatic heterocycles. The Morgan fingerprint density at radius 3 is 2.56 bits per heavy atom. The lowest BCUT2D eigenvalue weighted by Gasteiger charge is -2.25. The number of hydrogen-bond acceptors (Lipinski definition) is 3. The standard InChI is InChI=1S/C10H12F3NO4/c1-2-5-18-9(17)14-4-3-6(10(11,12)13)7(14)8(15)16/h2,6-7H,1,3-5H2,(H,15,16)/t6-,7-/m0/s1. The average Bonchev–Trinajstić information content (AvgIpc) is 2.69. The molecule has 1 saturated heterocycles. The summed E-state index contributed by atoms with van der Waals surface area (Å²) in [5, 5.41) is 8.82. The Bertz CT molecular complexity index is 356. The molecule has 1 rings (SSSR count). The highest BCUT2D eigenvalue weighted by atomic mass is 19.4. The fourth-order valence-corrected chi connectivity index (χ4v) is 1.86. The van der Waals surface area contributed by atoms with Crippen molar-refractivity contribution < 1.29 is 32.6 Å². The monoisotopic (exact) mass is 267 g/mol. The summed E-state index contributed by atoms with van der Waals surface area (Å²) in [5.41, 5.74) is 0. The molecule has 0 unspecified atom stereocenters. The Balaban J connectivity index is 2.85. The van der Waals surface area contributed by atoms with Gasteiger partial charge in [0.2, 0.25) is 0 Å². The van der Waals surface area contributed by atoms with Crippen LogP contribution in [0.2, 0.25) is 0 Å². The zero-order chi connectivity index (χ0) is 13.9. The predicted molar refractivity (Wildman–Crippen MR) is 53.8 cm³/mol. The van der Waals surface area contributed by atoms with Crippen LogP contribution in [0.15, 0.2) is 12.7 Å². The molecule has 1 N–H and O–H groups in total. The van der Waals surface area contributed by atoms with Crippen molar-refractivity contribution >= 4 is 12.1 Å². The summed E-state index contributed by atoms with van der Waals surface area (Å²) in [6, 6.07) is -1.93. The molecule has 1 fully saturated rings. The number of carboxylic acid groups (broad SMARTS) is 1. The maximum atomic E-state index is 12.6. The first-order valence-corrected chi connectivity index (χ1v) is 5.13. The van der Waals surface area contributed by atoms with Crippen molar-refractivity contribution in [1.29, 1.82) is 0 Å². The van der Waals surface area contributed by atoms with Gasteiger partial charge in [-0.05, 0) is 6.42 Å². The Kier molecular flexibility index (Phi) is 4.20. The fourth-order valence-electron chi connectivity index (χ4n) is 1.86. The van der Waals surface area contributed by atoms with Crippen molar-refractivity contribution in [3.8, 4) is 0 Å². The topological polar surface area (TPSA) is 66.8 Å². The van der Waals surface area contributed by atoms with E-state index in [1.165, 1.54) is 6.08 Å². The van der Waals surface area contributed by atoms with Crippen LogP contribution in [0.4, 0.5) is 18.0 Å². The van der Waals surface area contributed by atoms with E-state index in [9.17, 15) is 22.8 Å². The molecular formula is C10H12F3NO4. The van der Waals surface area contributed by atoms with Gasteiger partial charge in [0.1, 0.15) is 12.6 Å². The van der Waals surface area contributed by atoms with Crippen LogP contribution in [-0.4, -0.2) is 47.4 Å². The van der Waals surface area contributed by atoms with Gasteiger partial charge in [-0.2, -0.15) is 13.2 Å². The molecule has 1 aliphatic rings. The lowest BCUT2D eigenvalue weighted by Crippen LogP contribution is -2.47. The molecule has 0 spiro atoms. The lowest BCUT2D eigenvalue weighted by atomic mass is 10.0. The van der Waals surface area contributed by atoms with E-state index in [-0.39, 0.29) is 13.2 Å². The SMILES string of the molecule is C=CCOC(=O)N1CC[C@H](C(F)(F)F)[C@H]1C(=O)O. The van der Waals surface area contributed by atoms with Gasteiger partial charge in [0.05, 0.1) is 5.92 Å². The average molecular weight is 267 g/mol. The Labute approximate surface area is 101 Å². The van der Waals surface area contributed by atoms with Gasteiger partial charge in [0.15, 0.2) is 0 Å². The molecule has 0 aliphatic carbocycles. The van der Waals surface area contributed by atoms with E-state index in [1.54, 1.807) is 0 Å². The summed E-state index contributed by atoms with van der Waals surface area (Å²) in [7, 11) is 0. The van der Waals surface area contributed by atoms with Crippen LogP contribution < -0.4 is 0 Å². The summed E-state index contributed by atoms with van der Waals surface area (Å²) in [6.45, 7) is 2.80. The minimum absolute atomic E-state index is 0.182. The third kappa shape index (κ3) is 2.93. The highest BCUT2D eigenvalue weighted by Crippen LogP contribution is 2.38. The van der Waals surface area contributed by atoms with Gasteiger partial charge in [-0.1, -0.05) is 12.7 Å². The van der Waals surface area contributed by atoms with Crippen LogP contribution in [0.1, 0.15) is 6.42 Å². The number of carbonyl (C=O) groups excluding carboxylic acids is 1. The molecule has 0 radical (unpaired) electrons. The highest BCUT2D eigenvalue weighted by molar-refractivity contribution is 5.81. The van der Waals surface area contributed by atoms with E-state index < -0.39 is 36.6 Å². The number of alkyl halides is 3. The fraction of sp³-hybridized carbons (Fsp3) is 0.600. The van der Waals surface area contributed by atoms with Crippen LogP contribution >= 0.6 is 0 Å². The lowest BCUT2D eigenvalue weighted by molar-refractivity contribution is -0.187. The molecule has 0 aromatic rings. The highest BCUT2D eigenvalue weighted by Gasteiger charge is 2.55. The van der Waals surface area contributed by atoms with Crippen molar-refractivity contribution in [1.82, 2.24) is 4.90 Å². The van der Waals surface area contributed by atoms with Crippen molar-refractivity contribution in [2.75, 3.05) is 13.2 Å². The molecular weight excluding hydrogens is 255 g/mol. The predicted octanol–water partition coefficient (Wildman–Crippen LogP) is 1.65. The van der Waals surface area contributed by atoms with Gasteiger partial charge in [0, 0.05) is 6.54 Å². The Morgan fingerprint density at radius 2 is 2.11 bits per heavy atom. The van der Waals surface area contributed by atoms with Crippen molar-refractivity contribution in [3.05, 3.63) is 12.7 Å². The second-order valence-electron chi connectivity index (χ2n) is 3.78. The number of ether oxygens (including phenoxy) is 1. The first kappa shape index (κ1) is 14.3. The first-order chi connectivity index (χ1) is 8.29. The smallest absolute Gasteiger partial charge is 0.410 e. The largest absolute Gasteiger partial charge is 0.480 e. The number of hydrogen-bond donors (Lipinski definition) is 1. The summed E-state index contributed by atoms with van der Waals surface area (Å²) < 4.78 is 42.4. The molecule has 0 bridgehead atoms. The molecule has 5 nitrogen and oxygen atoms in total. The Hall–Kier alpha value is -1.73. The summed E-state index contributed by atoms with van der Waals surface area (Å²) >= 11 is 0. The molecule has 8 heteroatoms. The molecule has 1 heterocycles. The van der Waals surface area contributed by atoms with Crippen molar-refractivity contribution in [2.45, 2.75) is 18.6 Å². The van der Waals surface area contributed by atoms with Crippen molar-refractivity contribution in [3.63, 3.8) is 0 Å².